The average molecular weight is 301 g/mol. The standard InChI is InChI=1S/C16H19N3O3/c1-11(14(20)17-2)19(3)16(21)15-18-10-13(22-15)9-12-7-5-4-6-8-12/h4-8,10-11H,9H2,1-3H3,(H,17,20)/t11-/m0/s1. The van der Waals surface area contributed by atoms with Gasteiger partial charge in [0, 0.05) is 20.5 Å². The van der Waals surface area contributed by atoms with Gasteiger partial charge in [0.25, 0.3) is 5.89 Å². The summed E-state index contributed by atoms with van der Waals surface area (Å²) in [5.74, 6) is -0.0675. The van der Waals surface area contributed by atoms with Crippen LogP contribution in [0.1, 0.15) is 28.9 Å². The SMILES string of the molecule is CNC(=O)[C@H](C)N(C)C(=O)c1ncc(Cc2ccccc2)o1. The molecule has 0 saturated carbocycles. The Morgan fingerprint density at radius 2 is 2.00 bits per heavy atom. The molecule has 1 aromatic carbocycles. The number of hydrogen-bond acceptors (Lipinski definition) is 4. The van der Waals surface area contributed by atoms with Crippen molar-refractivity contribution >= 4 is 11.8 Å². The van der Waals surface area contributed by atoms with Gasteiger partial charge in [-0.15, -0.1) is 0 Å². The number of benzene rings is 1. The molecule has 1 N–H and O–H groups in total. The summed E-state index contributed by atoms with van der Waals surface area (Å²) in [5, 5.41) is 2.51. The van der Waals surface area contributed by atoms with Gasteiger partial charge in [-0.3, -0.25) is 9.59 Å². The third-order valence-corrected chi connectivity index (χ3v) is 3.48. The highest BCUT2D eigenvalue weighted by atomic mass is 16.4. The van der Waals surface area contributed by atoms with Crippen LogP contribution in [-0.2, 0) is 11.2 Å². The van der Waals surface area contributed by atoms with E-state index >= 15 is 0 Å². The van der Waals surface area contributed by atoms with Crippen molar-refractivity contribution in [3.05, 3.63) is 53.7 Å². The fourth-order valence-electron chi connectivity index (χ4n) is 2.00. The summed E-state index contributed by atoms with van der Waals surface area (Å²) in [6, 6.07) is 9.18. The number of nitrogens with zero attached hydrogens (tertiary/aromatic N) is 2. The molecule has 0 unspecified atom stereocenters. The summed E-state index contributed by atoms with van der Waals surface area (Å²) in [7, 11) is 3.07. The Balaban J connectivity index is 2.07. The summed E-state index contributed by atoms with van der Waals surface area (Å²) < 4.78 is 5.50. The van der Waals surface area contributed by atoms with E-state index in [1.54, 1.807) is 20.2 Å². The van der Waals surface area contributed by atoms with Gasteiger partial charge in [0.15, 0.2) is 0 Å². The van der Waals surface area contributed by atoms with Crippen LogP contribution in [0.4, 0.5) is 0 Å². The topological polar surface area (TPSA) is 75.4 Å². The van der Waals surface area contributed by atoms with Gasteiger partial charge in [-0.2, -0.15) is 0 Å². The molecule has 0 aliphatic rings. The number of carbonyl (C=O) groups is 2. The first kappa shape index (κ1) is 15.8. The fourth-order valence-corrected chi connectivity index (χ4v) is 2.00. The Morgan fingerprint density at radius 3 is 2.64 bits per heavy atom. The highest BCUT2D eigenvalue weighted by Crippen LogP contribution is 2.13. The molecular weight excluding hydrogens is 282 g/mol. The first-order valence-corrected chi connectivity index (χ1v) is 7.00. The summed E-state index contributed by atoms with van der Waals surface area (Å²) in [6.45, 7) is 1.64. The predicted molar refractivity (Wildman–Crippen MR) is 81.4 cm³/mol. The van der Waals surface area contributed by atoms with E-state index in [0.717, 1.165) is 5.56 Å². The van der Waals surface area contributed by atoms with E-state index in [1.165, 1.54) is 11.9 Å². The Hall–Kier alpha value is -2.63. The van der Waals surface area contributed by atoms with E-state index in [-0.39, 0.29) is 11.8 Å². The largest absolute Gasteiger partial charge is 0.437 e. The fraction of sp³-hybridized carbons (Fsp3) is 0.312. The van der Waals surface area contributed by atoms with Crippen molar-refractivity contribution in [1.82, 2.24) is 15.2 Å². The molecule has 1 aromatic heterocycles. The number of aromatic nitrogens is 1. The van der Waals surface area contributed by atoms with Crippen molar-refractivity contribution in [1.29, 1.82) is 0 Å². The van der Waals surface area contributed by atoms with Gasteiger partial charge in [-0.25, -0.2) is 4.98 Å². The van der Waals surface area contributed by atoms with Crippen LogP contribution in [-0.4, -0.2) is 41.8 Å². The molecule has 6 heteroatoms. The third kappa shape index (κ3) is 3.52. The molecule has 2 rings (SSSR count). The molecule has 0 radical (unpaired) electrons. The van der Waals surface area contributed by atoms with Crippen LogP contribution in [0.2, 0.25) is 0 Å². The lowest BCUT2D eigenvalue weighted by molar-refractivity contribution is -0.124. The summed E-state index contributed by atoms with van der Waals surface area (Å²) in [5.41, 5.74) is 1.07. The normalized spacial score (nSPS) is 11.8. The summed E-state index contributed by atoms with van der Waals surface area (Å²) in [4.78, 5) is 29.2. The quantitative estimate of drug-likeness (QED) is 0.907. The molecule has 116 valence electrons. The maximum Gasteiger partial charge on any atom is 0.310 e. The molecule has 0 spiro atoms. The first-order chi connectivity index (χ1) is 10.5. The van der Waals surface area contributed by atoms with Crippen molar-refractivity contribution < 1.29 is 14.0 Å². The lowest BCUT2D eigenvalue weighted by Gasteiger charge is -2.21. The molecule has 0 aliphatic carbocycles. The second-order valence-electron chi connectivity index (χ2n) is 5.00. The molecule has 0 fully saturated rings. The molecule has 0 bridgehead atoms. The highest BCUT2D eigenvalue weighted by Gasteiger charge is 2.25. The molecule has 1 heterocycles. The maximum atomic E-state index is 12.3. The number of hydrogen-bond donors (Lipinski definition) is 1. The maximum absolute atomic E-state index is 12.3. The van der Waals surface area contributed by atoms with Gasteiger partial charge < -0.3 is 14.6 Å². The number of nitrogens with one attached hydrogen (secondary N) is 1. The Morgan fingerprint density at radius 1 is 1.32 bits per heavy atom. The molecular formula is C16H19N3O3. The van der Waals surface area contributed by atoms with Gasteiger partial charge in [0.05, 0.1) is 6.20 Å². The van der Waals surface area contributed by atoms with Crippen LogP contribution in [0.15, 0.2) is 40.9 Å². The third-order valence-electron chi connectivity index (χ3n) is 3.48. The van der Waals surface area contributed by atoms with Crippen molar-refractivity contribution in [2.75, 3.05) is 14.1 Å². The first-order valence-electron chi connectivity index (χ1n) is 7.00. The zero-order valence-electron chi connectivity index (χ0n) is 12.9. The van der Waals surface area contributed by atoms with Crippen molar-refractivity contribution in [2.45, 2.75) is 19.4 Å². The Labute approximate surface area is 129 Å². The second-order valence-corrected chi connectivity index (χ2v) is 5.00. The Bertz CT molecular complexity index is 652. The van der Waals surface area contributed by atoms with E-state index in [2.05, 4.69) is 10.3 Å². The van der Waals surface area contributed by atoms with Crippen LogP contribution < -0.4 is 5.32 Å². The molecule has 0 saturated heterocycles. The minimum absolute atomic E-state index is 0.0100. The lowest BCUT2D eigenvalue weighted by Crippen LogP contribution is -2.44. The van der Waals surface area contributed by atoms with Crippen LogP contribution in [0.5, 0.6) is 0 Å². The number of rotatable bonds is 5. The monoisotopic (exact) mass is 301 g/mol. The van der Waals surface area contributed by atoms with Crippen LogP contribution >= 0.6 is 0 Å². The second kappa shape index (κ2) is 6.89. The predicted octanol–water partition coefficient (Wildman–Crippen LogP) is 1.47. The summed E-state index contributed by atoms with van der Waals surface area (Å²) >= 11 is 0. The van der Waals surface area contributed by atoms with Crippen molar-refractivity contribution in [3.8, 4) is 0 Å². The van der Waals surface area contributed by atoms with E-state index in [0.29, 0.717) is 12.2 Å². The average Bonchev–Trinajstić information content (AvgIpc) is 3.01. The van der Waals surface area contributed by atoms with E-state index < -0.39 is 11.9 Å². The molecule has 6 nitrogen and oxygen atoms in total. The number of carbonyl (C=O) groups excluding carboxylic acids is 2. The van der Waals surface area contributed by atoms with Gasteiger partial charge >= 0.3 is 5.91 Å². The van der Waals surface area contributed by atoms with E-state index in [4.69, 9.17) is 4.42 Å². The van der Waals surface area contributed by atoms with Crippen LogP contribution in [0.25, 0.3) is 0 Å². The molecule has 22 heavy (non-hydrogen) atoms. The summed E-state index contributed by atoms with van der Waals surface area (Å²) in [6.07, 6.45) is 2.11. The molecule has 2 aromatic rings. The van der Waals surface area contributed by atoms with Crippen LogP contribution in [0, 0.1) is 0 Å². The van der Waals surface area contributed by atoms with Gasteiger partial charge in [-0.05, 0) is 12.5 Å². The van der Waals surface area contributed by atoms with Gasteiger partial charge in [0.2, 0.25) is 5.91 Å². The molecule has 0 aliphatic heterocycles. The minimum Gasteiger partial charge on any atom is -0.437 e. The minimum atomic E-state index is -0.595. The van der Waals surface area contributed by atoms with E-state index in [1.807, 2.05) is 30.3 Å². The van der Waals surface area contributed by atoms with Crippen molar-refractivity contribution in [3.63, 3.8) is 0 Å². The number of oxazole rings is 1. The number of likely N-dealkylation sites (N-methyl/N-ethyl adjacent to an activating group) is 2. The van der Waals surface area contributed by atoms with E-state index in [9.17, 15) is 9.59 Å². The molecule has 2 amide bonds. The molecule has 1 atom stereocenters. The van der Waals surface area contributed by atoms with Gasteiger partial charge in [-0.1, -0.05) is 30.3 Å². The highest BCUT2D eigenvalue weighted by molar-refractivity contribution is 5.93. The lowest BCUT2D eigenvalue weighted by atomic mass is 10.1. The zero-order valence-corrected chi connectivity index (χ0v) is 12.9. The number of amides is 2. The van der Waals surface area contributed by atoms with Crippen molar-refractivity contribution in [2.24, 2.45) is 0 Å². The van der Waals surface area contributed by atoms with Crippen LogP contribution in [0.3, 0.4) is 0 Å². The zero-order chi connectivity index (χ0) is 16.1. The smallest absolute Gasteiger partial charge is 0.310 e. The Kier molecular flexibility index (Phi) is 4.93. The van der Waals surface area contributed by atoms with Gasteiger partial charge in [0.1, 0.15) is 11.8 Å².